The van der Waals surface area contributed by atoms with Crippen molar-refractivity contribution in [3.8, 4) is 0 Å². The van der Waals surface area contributed by atoms with Crippen molar-refractivity contribution in [2.75, 3.05) is 26.3 Å². The molecule has 0 spiro atoms. The molecular formula is C5H16N2O4. The Bertz CT molecular complexity index is 45.7. The summed E-state index contributed by atoms with van der Waals surface area (Å²) >= 11 is 0. The van der Waals surface area contributed by atoms with Crippen LogP contribution in [0.25, 0.3) is 0 Å². The lowest BCUT2D eigenvalue weighted by Crippen LogP contribution is -2.02. The molecule has 0 aliphatic rings. The summed E-state index contributed by atoms with van der Waals surface area (Å²) < 4.78 is 0. The van der Waals surface area contributed by atoms with Crippen molar-refractivity contribution in [1.29, 1.82) is 0 Å². The van der Waals surface area contributed by atoms with Gasteiger partial charge >= 0.3 is 0 Å². The molecule has 0 rings (SSSR count). The van der Waals surface area contributed by atoms with E-state index in [2.05, 4.69) is 0 Å². The Morgan fingerprint density at radius 2 is 1.18 bits per heavy atom. The van der Waals surface area contributed by atoms with E-state index in [0.29, 0.717) is 13.1 Å². The van der Waals surface area contributed by atoms with Gasteiger partial charge in [0.2, 0.25) is 0 Å². The molecule has 0 fully saturated rings. The molecule has 0 heterocycles. The summed E-state index contributed by atoms with van der Waals surface area (Å²) in [6, 6.07) is 0. The maximum atomic E-state index is 8.36. The summed E-state index contributed by atoms with van der Waals surface area (Å²) in [6.07, 6.45) is 0. The van der Waals surface area contributed by atoms with Crippen LogP contribution in [-0.4, -0.2) is 48.1 Å². The number of hydrogen-bond acceptors (Lipinski definition) is 5. The number of aliphatic hydroxyl groups is 2. The number of aliphatic hydroxyl groups excluding tert-OH is 2. The summed E-state index contributed by atoms with van der Waals surface area (Å²) in [5, 5.41) is 22.4. The van der Waals surface area contributed by atoms with Crippen LogP contribution in [0.2, 0.25) is 0 Å². The van der Waals surface area contributed by atoms with Crippen LogP contribution in [0.3, 0.4) is 0 Å². The molecular weight excluding hydrogens is 152 g/mol. The molecule has 0 aromatic heterocycles. The largest absolute Gasteiger partial charge is 0.483 e. The second-order valence-electron chi connectivity index (χ2n) is 1.13. The first-order valence-corrected chi connectivity index (χ1v) is 2.94. The van der Waals surface area contributed by atoms with Crippen LogP contribution in [0.5, 0.6) is 0 Å². The first kappa shape index (κ1) is 16.7. The molecule has 70 valence electrons. The Morgan fingerprint density at radius 3 is 1.18 bits per heavy atom. The van der Waals surface area contributed by atoms with Crippen LogP contribution >= 0.6 is 0 Å². The van der Waals surface area contributed by atoms with Gasteiger partial charge in [0, 0.05) is 13.1 Å². The van der Waals surface area contributed by atoms with Gasteiger partial charge in [-0.2, -0.15) is 0 Å². The van der Waals surface area contributed by atoms with E-state index in [1.807, 2.05) is 0 Å². The van der Waals surface area contributed by atoms with Gasteiger partial charge in [-0.3, -0.25) is 4.79 Å². The number of hydrogen-bond donors (Lipinski definition) is 5. The van der Waals surface area contributed by atoms with Gasteiger partial charge in [0.05, 0.1) is 13.2 Å². The molecule has 6 heteroatoms. The number of nitrogens with two attached hydrogens (primary N) is 2. The van der Waals surface area contributed by atoms with Gasteiger partial charge in [0.25, 0.3) is 6.47 Å². The molecule has 0 saturated heterocycles. The van der Waals surface area contributed by atoms with E-state index >= 15 is 0 Å². The minimum Gasteiger partial charge on any atom is -0.483 e. The van der Waals surface area contributed by atoms with Crippen LogP contribution in [-0.2, 0) is 4.79 Å². The summed E-state index contributed by atoms with van der Waals surface area (Å²) in [7, 11) is 0. The van der Waals surface area contributed by atoms with Gasteiger partial charge in [-0.1, -0.05) is 0 Å². The van der Waals surface area contributed by atoms with Crippen LogP contribution in [0.1, 0.15) is 0 Å². The Morgan fingerprint density at radius 1 is 1.09 bits per heavy atom. The maximum Gasteiger partial charge on any atom is 0.290 e. The van der Waals surface area contributed by atoms with E-state index in [0.717, 1.165) is 0 Å². The Balaban J connectivity index is -0.0000000886. The highest BCUT2D eigenvalue weighted by molar-refractivity contribution is 5.32. The second-order valence-corrected chi connectivity index (χ2v) is 1.13. The van der Waals surface area contributed by atoms with E-state index < -0.39 is 0 Å². The monoisotopic (exact) mass is 168 g/mol. The highest BCUT2D eigenvalue weighted by atomic mass is 16.3. The summed E-state index contributed by atoms with van der Waals surface area (Å²) in [6.45, 7) is 0.694. The summed E-state index contributed by atoms with van der Waals surface area (Å²) in [4.78, 5) is 8.36. The Labute approximate surface area is 65.4 Å². The molecule has 0 radical (unpaired) electrons. The lowest BCUT2D eigenvalue weighted by molar-refractivity contribution is -0.122. The molecule has 11 heavy (non-hydrogen) atoms. The molecule has 0 aliphatic heterocycles. The van der Waals surface area contributed by atoms with Crippen molar-refractivity contribution in [3.05, 3.63) is 0 Å². The predicted octanol–water partition coefficient (Wildman–Crippen LogP) is -2.42. The lowest BCUT2D eigenvalue weighted by Gasteiger charge is -1.71. The third-order valence-corrected chi connectivity index (χ3v) is 0.258. The third kappa shape index (κ3) is 290. The minimum atomic E-state index is -0.250. The molecule has 0 aliphatic carbocycles. The first-order chi connectivity index (χ1) is 5.24. The second kappa shape index (κ2) is 34.6. The van der Waals surface area contributed by atoms with Crippen molar-refractivity contribution in [2.45, 2.75) is 0 Å². The van der Waals surface area contributed by atoms with Crippen molar-refractivity contribution >= 4 is 6.47 Å². The van der Waals surface area contributed by atoms with Crippen molar-refractivity contribution in [3.63, 3.8) is 0 Å². The fourth-order valence-electron chi connectivity index (χ4n) is 0. The first-order valence-electron chi connectivity index (χ1n) is 2.94. The fraction of sp³-hybridized carbons (Fsp3) is 0.800. The normalized spacial score (nSPS) is 6.55. The quantitative estimate of drug-likeness (QED) is 0.292. The number of rotatable bonds is 2. The zero-order valence-corrected chi connectivity index (χ0v) is 6.31. The topological polar surface area (TPSA) is 130 Å². The Kier molecular flexibility index (Phi) is 52.6. The van der Waals surface area contributed by atoms with Crippen molar-refractivity contribution in [1.82, 2.24) is 0 Å². The molecule has 6 nitrogen and oxygen atoms in total. The van der Waals surface area contributed by atoms with E-state index in [1.54, 1.807) is 0 Å². The molecule has 0 amide bonds. The van der Waals surface area contributed by atoms with Gasteiger partial charge in [-0.25, -0.2) is 0 Å². The molecule has 7 N–H and O–H groups in total. The molecule has 0 bridgehead atoms. The van der Waals surface area contributed by atoms with Gasteiger partial charge < -0.3 is 26.8 Å². The third-order valence-electron chi connectivity index (χ3n) is 0.258. The molecule has 0 atom stereocenters. The van der Waals surface area contributed by atoms with Crippen molar-refractivity contribution < 1.29 is 20.1 Å². The maximum absolute atomic E-state index is 8.36. The predicted molar refractivity (Wildman–Crippen MR) is 41.0 cm³/mol. The molecule has 0 aromatic rings. The lowest BCUT2D eigenvalue weighted by atomic mass is 10.8. The average molecular weight is 168 g/mol. The smallest absolute Gasteiger partial charge is 0.290 e. The highest BCUT2D eigenvalue weighted by Gasteiger charge is 1.56. The van der Waals surface area contributed by atoms with Crippen molar-refractivity contribution in [2.24, 2.45) is 11.5 Å². The van der Waals surface area contributed by atoms with Gasteiger partial charge in [-0.05, 0) is 0 Å². The SMILES string of the molecule is NCCO.NCCO.O=CO. The zero-order chi connectivity index (χ0) is 9.54. The van der Waals surface area contributed by atoms with E-state index in [9.17, 15) is 0 Å². The molecule has 0 aromatic carbocycles. The van der Waals surface area contributed by atoms with E-state index in [4.69, 9.17) is 31.6 Å². The highest BCUT2D eigenvalue weighted by Crippen LogP contribution is 1.33. The minimum absolute atomic E-state index is 0.0972. The molecule has 0 saturated carbocycles. The van der Waals surface area contributed by atoms with E-state index in [-0.39, 0.29) is 19.7 Å². The fourth-order valence-corrected chi connectivity index (χ4v) is 0. The summed E-state index contributed by atoms with van der Waals surface area (Å²) in [5.41, 5.74) is 9.56. The van der Waals surface area contributed by atoms with Gasteiger partial charge in [0.15, 0.2) is 0 Å². The number of carboxylic acid groups (broad SMARTS) is 1. The standard InChI is InChI=1S/2C2H7NO.CH2O2/c2*3-1-2-4;2-1-3/h2*4H,1-3H2;1H,(H,2,3). The van der Waals surface area contributed by atoms with Gasteiger partial charge in [0.1, 0.15) is 0 Å². The zero-order valence-electron chi connectivity index (χ0n) is 6.31. The average Bonchev–Trinajstić information content (AvgIpc) is 2.06. The van der Waals surface area contributed by atoms with Crippen LogP contribution in [0, 0.1) is 0 Å². The molecule has 0 unspecified atom stereocenters. The van der Waals surface area contributed by atoms with Crippen LogP contribution in [0.4, 0.5) is 0 Å². The van der Waals surface area contributed by atoms with Crippen LogP contribution in [0.15, 0.2) is 0 Å². The Hall–Kier alpha value is -0.690. The summed E-state index contributed by atoms with van der Waals surface area (Å²) in [5.74, 6) is 0. The van der Waals surface area contributed by atoms with Gasteiger partial charge in [-0.15, -0.1) is 0 Å². The number of carbonyl (C=O) groups is 1. The van der Waals surface area contributed by atoms with E-state index in [1.165, 1.54) is 0 Å². The van der Waals surface area contributed by atoms with Crippen LogP contribution < -0.4 is 11.5 Å².